The van der Waals surface area contributed by atoms with Crippen LogP contribution in [0.25, 0.3) is 16.7 Å². The van der Waals surface area contributed by atoms with Gasteiger partial charge >= 0.3 is 0 Å². The second kappa shape index (κ2) is 9.06. The Morgan fingerprint density at radius 2 is 1.68 bits per heavy atom. The van der Waals surface area contributed by atoms with Crippen molar-refractivity contribution in [3.63, 3.8) is 0 Å². The lowest BCUT2D eigenvalue weighted by Gasteiger charge is -2.24. The van der Waals surface area contributed by atoms with Crippen LogP contribution in [0.15, 0.2) is 48.5 Å². The Hall–Kier alpha value is -3.45. The van der Waals surface area contributed by atoms with Gasteiger partial charge in [0.15, 0.2) is 5.65 Å². The van der Waals surface area contributed by atoms with Crippen molar-refractivity contribution in [1.29, 1.82) is 0 Å². The molecule has 7 nitrogen and oxygen atoms in total. The normalized spacial score (nSPS) is 14.5. The molecule has 3 heterocycles. The maximum absolute atomic E-state index is 13.1. The number of fused-ring (bicyclic) bond motifs is 1. The zero-order chi connectivity index (χ0) is 23.8. The van der Waals surface area contributed by atoms with Crippen LogP contribution in [0.3, 0.4) is 0 Å². The number of hydrogen-bond acceptors (Lipinski definition) is 5. The summed E-state index contributed by atoms with van der Waals surface area (Å²) < 4.78 is 1.80. The smallest absolute Gasteiger partial charge is 0.253 e. The molecule has 0 aliphatic carbocycles. The van der Waals surface area contributed by atoms with E-state index in [0.717, 1.165) is 52.3 Å². The van der Waals surface area contributed by atoms with E-state index < -0.39 is 0 Å². The van der Waals surface area contributed by atoms with Crippen molar-refractivity contribution in [2.45, 2.75) is 27.2 Å². The van der Waals surface area contributed by atoms with Gasteiger partial charge in [0, 0.05) is 31.7 Å². The third-order valence-electron chi connectivity index (χ3n) is 6.26. The molecule has 1 fully saturated rings. The SMILES string of the molecule is Cc1ccc(C(=O)N2CCCN(c3nc(C)nc4c3c(C)nn4-c3ccccc3Cl)CC2)cc1. The Kier molecular flexibility index (Phi) is 5.96. The van der Waals surface area contributed by atoms with Gasteiger partial charge in [0.1, 0.15) is 11.6 Å². The summed E-state index contributed by atoms with van der Waals surface area (Å²) in [6.07, 6.45) is 0.861. The number of aromatic nitrogens is 4. The van der Waals surface area contributed by atoms with Crippen molar-refractivity contribution in [3.8, 4) is 5.69 Å². The molecule has 5 rings (SSSR count). The fourth-order valence-corrected chi connectivity index (χ4v) is 4.71. The summed E-state index contributed by atoms with van der Waals surface area (Å²) in [5, 5.41) is 6.31. The Morgan fingerprint density at radius 1 is 0.912 bits per heavy atom. The highest BCUT2D eigenvalue weighted by molar-refractivity contribution is 6.32. The molecule has 2 aromatic heterocycles. The minimum absolute atomic E-state index is 0.0774. The Morgan fingerprint density at radius 3 is 2.44 bits per heavy atom. The Labute approximate surface area is 204 Å². The maximum atomic E-state index is 13.1. The van der Waals surface area contributed by atoms with Crippen LogP contribution in [0.5, 0.6) is 0 Å². The van der Waals surface area contributed by atoms with Crippen LogP contribution in [0.1, 0.15) is 33.9 Å². The van der Waals surface area contributed by atoms with Crippen LogP contribution in [-0.4, -0.2) is 56.7 Å². The minimum atomic E-state index is 0.0774. The number of amides is 1. The Bertz CT molecular complexity index is 1360. The molecule has 34 heavy (non-hydrogen) atoms. The molecule has 0 spiro atoms. The van der Waals surface area contributed by atoms with Crippen LogP contribution in [0.4, 0.5) is 5.82 Å². The van der Waals surface area contributed by atoms with Gasteiger partial charge in [-0.15, -0.1) is 0 Å². The number of benzene rings is 2. The first-order valence-electron chi connectivity index (χ1n) is 11.5. The standard InChI is InChI=1S/C26H27ClN6O/c1-17-9-11-20(12-10-17)26(34)32-14-6-13-31(15-16-32)24-23-18(2)30-33(25(23)29-19(3)28-24)22-8-5-4-7-21(22)27/h4-5,7-12H,6,13-16H2,1-3H3. The van der Waals surface area contributed by atoms with E-state index in [1.54, 1.807) is 4.68 Å². The quantitative estimate of drug-likeness (QED) is 0.428. The molecule has 0 saturated carbocycles. The highest BCUT2D eigenvalue weighted by atomic mass is 35.5. The molecule has 0 bridgehead atoms. The summed E-state index contributed by atoms with van der Waals surface area (Å²) in [6.45, 7) is 8.75. The number of rotatable bonds is 3. The number of para-hydroxylation sites is 1. The van der Waals surface area contributed by atoms with Gasteiger partial charge in [0.2, 0.25) is 0 Å². The van der Waals surface area contributed by atoms with E-state index in [1.807, 2.05) is 74.2 Å². The number of halogens is 1. The van der Waals surface area contributed by atoms with Crippen molar-refractivity contribution in [1.82, 2.24) is 24.6 Å². The number of aryl methyl sites for hydroxylation is 3. The fraction of sp³-hybridized carbons (Fsp3) is 0.308. The highest BCUT2D eigenvalue weighted by Gasteiger charge is 2.25. The third kappa shape index (κ3) is 4.12. The minimum Gasteiger partial charge on any atom is -0.354 e. The maximum Gasteiger partial charge on any atom is 0.253 e. The van der Waals surface area contributed by atoms with E-state index in [9.17, 15) is 4.79 Å². The molecule has 0 N–H and O–H groups in total. The zero-order valence-corrected chi connectivity index (χ0v) is 20.4. The van der Waals surface area contributed by atoms with Crippen molar-refractivity contribution in [2.24, 2.45) is 0 Å². The first kappa shape index (κ1) is 22.3. The van der Waals surface area contributed by atoms with Gasteiger partial charge in [0.25, 0.3) is 5.91 Å². The van der Waals surface area contributed by atoms with E-state index >= 15 is 0 Å². The summed E-state index contributed by atoms with van der Waals surface area (Å²) in [4.78, 5) is 26.8. The lowest BCUT2D eigenvalue weighted by atomic mass is 10.1. The van der Waals surface area contributed by atoms with E-state index in [4.69, 9.17) is 26.7 Å². The number of carbonyl (C=O) groups excluding carboxylic acids is 1. The highest BCUT2D eigenvalue weighted by Crippen LogP contribution is 2.31. The average Bonchev–Trinajstić information content (AvgIpc) is 2.99. The topological polar surface area (TPSA) is 67.2 Å². The molecule has 1 saturated heterocycles. The van der Waals surface area contributed by atoms with E-state index in [-0.39, 0.29) is 5.91 Å². The Balaban J connectivity index is 1.47. The molecule has 0 atom stereocenters. The van der Waals surface area contributed by atoms with Crippen LogP contribution in [-0.2, 0) is 0 Å². The molecule has 1 aliphatic heterocycles. The van der Waals surface area contributed by atoms with Gasteiger partial charge in [-0.2, -0.15) is 5.10 Å². The van der Waals surface area contributed by atoms with Crippen molar-refractivity contribution in [3.05, 3.63) is 76.2 Å². The van der Waals surface area contributed by atoms with Gasteiger partial charge in [-0.3, -0.25) is 4.79 Å². The largest absolute Gasteiger partial charge is 0.354 e. The molecular weight excluding hydrogens is 448 g/mol. The van der Waals surface area contributed by atoms with Gasteiger partial charge < -0.3 is 9.80 Å². The summed E-state index contributed by atoms with van der Waals surface area (Å²) >= 11 is 6.47. The number of anilines is 1. The summed E-state index contributed by atoms with van der Waals surface area (Å²) in [7, 11) is 0. The predicted octanol–water partition coefficient (Wildman–Crippen LogP) is 4.75. The second-order valence-corrected chi connectivity index (χ2v) is 9.15. The van der Waals surface area contributed by atoms with Gasteiger partial charge in [-0.1, -0.05) is 41.4 Å². The van der Waals surface area contributed by atoms with Crippen LogP contribution in [0.2, 0.25) is 5.02 Å². The summed E-state index contributed by atoms with van der Waals surface area (Å²) in [5.41, 5.74) is 4.26. The second-order valence-electron chi connectivity index (χ2n) is 8.74. The molecule has 1 aliphatic rings. The number of carbonyl (C=O) groups is 1. The first-order chi connectivity index (χ1) is 16.4. The van der Waals surface area contributed by atoms with Crippen molar-refractivity contribution in [2.75, 3.05) is 31.1 Å². The summed E-state index contributed by atoms with van der Waals surface area (Å²) in [5.74, 6) is 1.61. The lowest BCUT2D eigenvalue weighted by molar-refractivity contribution is 0.0767. The number of hydrogen-bond donors (Lipinski definition) is 0. The molecule has 8 heteroatoms. The third-order valence-corrected chi connectivity index (χ3v) is 6.58. The van der Waals surface area contributed by atoms with Gasteiger partial charge in [-0.05, 0) is 51.5 Å². The molecule has 2 aromatic carbocycles. The zero-order valence-electron chi connectivity index (χ0n) is 19.6. The van der Waals surface area contributed by atoms with E-state index in [0.29, 0.717) is 30.5 Å². The monoisotopic (exact) mass is 474 g/mol. The molecule has 0 unspecified atom stereocenters. The molecular formula is C26H27ClN6O. The van der Waals surface area contributed by atoms with Crippen LogP contribution >= 0.6 is 11.6 Å². The fourth-order valence-electron chi connectivity index (χ4n) is 4.50. The molecule has 4 aromatic rings. The van der Waals surface area contributed by atoms with E-state index in [2.05, 4.69) is 4.90 Å². The van der Waals surface area contributed by atoms with Gasteiger partial charge in [0.05, 0.1) is 21.8 Å². The molecule has 174 valence electrons. The molecule has 1 amide bonds. The van der Waals surface area contributed by atoms with Crippen molar-refractivity contribution >= 4 is 34.4 Å². The molecule has 0 radical (unpaired) electrons. The van der Waals surface area contributed by atoms with E-state index in [1.165, 1.54) is 0 Å². The van der Waals surface area contributed by atoms with Crippen molar-refractivity contribution < 1.29 is 4.79 Å². The van der Waals surface area contributed by atoms with Gasteiger partial charge in [-0.25, -0.2) is 14.6 Å². The van der Waals surface area contributed by atoms with Crippen LogP contribution < -0.4 is 4.90 Å². The predicted molar refractivity (Wildman–Crippen MR) is 135 cm³/mol. The average molecular weight is 475 g/mol. The summed E-state index contributed by atoms with van der Waals surface area (Å²) in [6, 6.07) is 15.4. The first-order valence-corrected chi connectivity index (χ1v) is 11.9. The lowest BCUT2D eigenvalue weighted by Crippen LogP contribution is -2.35. The van der Waals surface area contributed by atoms with Crippen LogP contribution in [0, 0.1) is 20.8 Å². The number of nitrogens with zero attached hydrogens (tertiary/aromatic N) is 6.